The molecule has 37 heavy (non-hydrogen) atoms. The van der Waals surface area contributed by atoms with Gasteiger partial charge in [-0.25, -0.2) is 9.97 Å². The molecule has 0 spiro atoms. The standard InChI is InChI=1S/C31H33N5O/c1-23(37)35-30-11-5-7-25(17-30)19-32-18-24-12-14-27(15-13-24)29-20-33-31(34-21-29)36-16-6-10-28(22-36)26-8-3-2-4-9-26/h2-5,7-9,11-15,17,20-21,28,32H,6,10,16,18-19,22H2,1H3,(H,35,37). The van der Waals surface area contributed by atoms with E-state index in [2.05, 4.69) is 76.2 Å². The van der Waals surface area contributed by atoms with E-state index in [0.29, 0.717) is 5.92 Å². The van der Waals surface area contributed by atoms with Crippen LogP contribution in [0.5, 0.6) is 0 Å². The molecule has 6 nitrogen and oxygen atoms in total. The van der Waals surface area contributed by atoms with Gasteiger partial charge in [-0.3, -0.25) is 4.79 Å². The van der Waals surface area contributed by atoms with Gasteiger partial charge < -0.3 is 15.5 Å². The van der Waals surface area contributed by atoms with Crippen molar-refractivity contribution in [3.63, 3.8) is 0 Å². The summed E-state index contributed by atoms with van der Waals surface area (Å²) in [4.78, 5) is 23.0. The van der Waals surface area contributed by atoms with Crippen LogP contribution in [-0.2, 0) is 17.9 Å². The van der Waals surface area contributed by atoms with Crippen LogP contribution in [0.2, 0.25) is 0 Å². The first-order chi connectivity index (χ1) is 18.1. The van der Waals surface area contributed by atoms with Crippen molar-refractivity contribution in [2.45, 2.75) is 38.8 Å². The first-order valence-corrected chi connectivity index (χ1v) is 12.9. The van der Waals surface area contributed by atoms with E-state index in [1.165, 1.54) is 24.5 Å². The minimum Gasteiger partial charge on any atom is -0.340 e. The van der Waals surface area contributed by atoms with Crippen molar-refractivity contribution in [1.82, 2.24) is 15.3 Å². The summed E-state index contributed by atoms with van der Waals surface area (Å²) in [7, 11) is 0. The van der Waals surface area contributed by atoms with Gasteiger partial charge in [-0.2, -0.15) is 0 Å². The minimum atomic E-state index is -0.0616. The Kier molecular flexibility index (Phi) is 7.87. The Bertz CT molecular complexity index is 1310. The molecule has 1 aliphatic heterocycles. The fourth-order valence-electron chi connectivity index (χ4n) is 4.92. The van der Waals surface area contributed by atoms with Crippen LogP contribution in [0.1, 0.15) is 42.4 Å². The van der Waals surface area contributed by atoms with Crippen molar-refractivity contribution in [2.24, 2.45) is 0 Å². The number of anilines is 2. The SMILES string of the molecule is CC(=O)Nc1cccc(CNCc2ccc(-c3cnc(N4CCCC(c5ccccc5)C4)nc3)cc2)c1. The zero-order valence-corrected chi connectivity index (χ0v) is 21.2. The van der Waals surface area contributed by atoms with Gasteiger partial charge in [-0.15, -0.1) is 0 Å². The first kappa shape index (κ1) is 24.7. The molecule has 2 N–H and O–H groups in total. The van der Waals surface area contributed by atoms with Crippen molar-refractivity contribution in [1.29, 1.82) is 0 Å². The summed E-state index contributed by atoms with van der Waals surface area (Å²) in [6.45, 7) is 4.97. The third-order valence-corrected chi connectivity index (χ3v) is 6.81. The lowest BCUT2D eigenvalue weighted by molar-refractivity contribution is -0.114. The average molecular weight is 492 g/mol. The lowest BCUT2D eigenvalue weighted by Gasteiger charge is -2.33. The minimum absolute atomic E-state index is 0.0616. The number of nitrogens with one attached hydrogen (secondary N) is 2. The normalized spacial score (nSPS) is 15.4. The van der Waals surface area contributed by atoms with E-state index in [0.717, 1.165) is 60.9 Å². The fourth-order valence-corrected chi connectivity index (χ4v) is 4.92. The Morgan fingerprint density at radius 3 is 2.41 bits per heavy atom. The maximum Gasteiger partial charge on any atom is 0.225 e. The second kappa shape index (κ2) is 11.8. The Hall–Kier alpha value is -4.03. The number of piperidine rings is 1. The summed E-state index contributed by atoms with van der Waals surface area (Å²) in [6.07, 6.45) is 6.23. The predicted molar refractivity (Wildman–Crippen MR) is 149 cm³/mol. The molecule has 1 aromatic heterocycles. The van der Waals surface area contributed by atoms with E-state index in [9.17, 15) is 4.79 Å². The van der Waals surface area contributed by atoms with Crippen molar-refractivity contribution in [3.8, 4) is 11.1 Å². The van der Waals surface area contributed by atoms with Crippen molar-refractivity contribution in [3.05, 3.63) is 108 Å². The van der Waals surface area contributed by atoms with E-state index in [1.807, 2.05) is 30.6 Å². The molecular formula is C31H33N5O. The molecule has 1 aliphatic rings. The fraction of sp³-hybridized carbons (Fsp3) is 0.258. The number of rotatable bonds is 8. The quantitative estimate of drug-likeness (QED) is 0.327. The zero-order chi connectivity index (χ0) is 25.5. The van der Waals surface area contributed by atoms with Crippen LogP contribution in [0.15, 0.2) is 91.3 Å². The highest BCUT2D eigenvalue weighted by molar-refractivity contribution is 5.88. The topological polar surface area (TPSA) is 70.2 Å². The third kappa shape index (κ3) is 6.60. The summed E-state index contributed by atoms with van der Waals surface area (Å²) in [6, 6.07) is 27.2. The second-order valence-corrected chi connectivity index (χ2v) is 9.65. The van der Waals surface area contributed by atoms with Gasteiger partial charge in [0.2, 0.25) is 11.9 Å². The molecule has 0 bridgehead atoms. The Morgan fingerprint density at radius 1 is 0.892 bits per heavy atom. The molecule has 1 atom stereocenters. The van der Waals surface area contributed by atoms with Gasteiger partial charge in [0, 0.05) is 62.7 Å². The highest BCUT2D eigenvalue weighted by atomic mass is 16.1. The molecule has 188 valence electrons. The Balaban J connectivity index is 1.15. The number of aromatic nitrogens is 2. The molecule has 2 heterocycles. The molecule has 1 saturated heterocycles. The number of carbonyl (C=O) groups excluding carboxylic acids is 1. The zero-order valence-electron chi connectivity index (χ0n) is 21.2. The molecule has 6 heteroatoms. The van der Waals surface area contributed by atoms with Crippen LogP contribution < -0.4 is 15.5 Å². The molecule has 1 amide bonds. The van der Waals surface area contributed by atoms with E-state index >= 15 is 0 Å². The van der Waals surface area contributed by atoms with E-state index < -0.39 is 0 Å². The van der Waals surface area contributed by atoms with Gasteiger partial charge in [-0.05, 0) is 47.2 Å². The molecule has 0 aliphatic carbocycles. The largest absolute Gasteiger partial charge is 0.340 e. The van der Waals surface area contributed by atoms with Crippen LogP contribution in [0, 0.1) is 0 Å². The highest BCUT2D eigenvalue weighted by Crippen LogP contribution is 2.29. The van der Waals surface area contributed by atoms with Crippen LogP contribution in [-0.4, -0.2) is 29.0 Å². The molecule has 4 aromatic rings. The number of nitrogens with zero attached hydrogens (tertiary/aromatic N) is 3. The predicted octanol–water partition coefficient (Wildman–Crippen LogP) is 5.78. The van der Waals surface area contributed by atoms with Gasteiger partial charge in [-0.1, -0.05) is 66.7 Å². The maximum atomic E-state index is 11.3. The summed E-state index contributed by atoms with van der Waals surface area (Å²) in [5.41, 5.74) is 6.69. The molecule has 5 rings (SSSR count). The Labute approximate surface area is 218 Å². The number of carbonyl (C=O) groups is 1. The summed E-state index contributed by atoms with van der Waals surface area (Å²) in [5, 5.41) is 6.30. The molecular weight excluding hydrogens is 458 g/mol. The smallest absolute Gasteiger partial charge is 0.225 e. The summed E-state index contributed by atoms with van der Waals surface area (Å²) in [5.74, 6) is 1.28. The van der Waals surface area contributed by atoms with Crippen molar-refractivity contribution < 1.29 is 4.79 Å². The van der Waals surface area contributed by atoms with E-state index in [1.54, 1.807) is 0 Å². The number of amides is 1. The van der Waals surface area contributed by atoms with Gasteiger partial charge in [0.05, 0.1) is 0 Å². The molecule has 3 aromatic carbocycles. The van der Waals surface area contributed by atoms with Crippen molar-refractivity contribution >= 4 is 17.5 Å². The average Bonchev–Trinajstić information content (AvgIpc) is 2.94. The molecule has 0 saturated carbocycles. The number of benzene rings is 3. The molecule has 1 fully saturated rings. The van der Waals surface area contributed by atoms with Crippen molar-refractivity contribution in [2.75, 3.05) is 23.3 Å². The number of hydrogen-bond donors (Lipinski definition) is 2. The highest BCUT2D eigenvalue weighted by Gasteiger charge is 2.22. The van der Waals surface area contributed by atoms with Crippen LogP contribution in [0.25, 0.3) is 11.1 Å². The number of hydrogen-bond acceptors (Lipinski definition) is 5. The first-order valence-electron chi connectivity index (χ1n) is 12.9. The van der Waals surface area contributed by atoms with Crippen LogP contribution in [0.4, 0.5) is 11.6 Å². The maximum absolute atomic E-state index is 11.3. The lowest BCUT2D eigenvalue weighted by Crippen LogP contribution is -2.35. The summed E-state index contributed by atoms with van der Waals surface area (Å²) < 4.78 is 0. The third-order valence-electron chi connectivity index (χ3n) is 6.81. The monoisotopic (exact) mass is 491 g/mol. The van der Waals surface area contributed by atoms with E-state index in [4.69, 9.17) is 9.97 Å². The molecule has 1 unspecified atom stereocenters. The van der Waals surface area contributed by atoms with Crippen LogP contribution in [0.3, 0.4) is 0 Å². The molecule has 0 radical (unpaired) electrons. The lowest BCUT2D eigenvalue weighted by atomic mass is 9.91. The van der Waals surface area contributed by atoms with Gasteiger partial charge in [0.15, 0.2) is 0 Å². The van der Waals surface area contributed by atoms with Gasteiger partial charge in [0.1, 0.15) is 0 Å². The van der Waals surface area contributed by atoms with Gasteiger partial charge >= 0.3 is 0 Å². The van der Waals surface area contributed by atoms with Crippen LogP contribution >= 0.6 is 0 Å². The van der Waals surface area contributed by atoms with Gasteiger partial charge in [0.25, 0.3) is 0 Å². The Morgan fingerprint density at radius 2 is 1.65 bits per heavy atom. The van der Waals surface area contributed by atoms with E-state index in [-0.39, 0.29) is 5.91 Å². The second-order valence-electron chi connectivity index (χ2n) is 9.65. The summed E-state index contributed by atoms with van der Waals surface area (Å²) >= 11 is 0.